The maximum Gasteiger partial charge on any atom is 0.150 e. The number of nitrogens with zero attached hydrogens (tertiary/aromatic N) is 2. The zero-order chi connectivity index (χ0) is 8.72. The van der Waals surface area contributed by atoms with Crippen molar-refractivity contribution in [2.75, 3.05) is 0 Å². The summed E-state index contributed by atoms with van der Waals surface area (Å²) in [6, 6.07) is 2.92. The second-order valence-electron chi connectivity index (χ2n) is 2.61. The van der Waals surface area contributed by atoms with E-state index < -0.39 is 0 Å². The number of halogens is 2. The van der Waals surface area contributed by atoms with Crippen LogP contribution in [0.2, 0.25) is 5.02 Å². The maximum atomic E-state index is 13.2. The highest BCUT2D eigenvalue weighted by molar-refractivity contribution is 6.31. The lowest BCUT2D eigenvalue weighted by Crippen LogP contribution is -1.87. The molecule has 1 aromatic heterocycles. The van der Waals surface area contributed by atoms with E-state index in [0.29, 0.717) is 16.1 Å². The van der Waals surface area contributed by atoms with Gasteiger partial charge in [-0.05, 0) is 12.1 Å². The summed E-state index contributed by atoms with van der Waals surface area (Å²) in [4.78, 5) is 3.98. The molecule has 0 spiro atoms. The Kier molecular flexibility index (Phi) is 1.54. The van der Waals surface area contributed by atoms with Crippen molar-refractivity contribution in [2.24, 2.45) is 7.05 Å². The van der Waals surface area contributed by atoms with Gasteiger partial charge in [0.1, 0.15) is 5.52 Å². The van der Waals surface area contributed by atoms with E-state index in [9.17, 15) is 4.39 Å². The van der Waals surface area contributed by atoms with Crippen LogP contribution >= 0.6 is 11.6 Å². The van der Waals surface area contributed by atoms with Crippen LogP contribution in [0.1, 0.15) is 0 Å². The lowest BCUT2D eigenvalue weighted by Gasteiger charge is -1.96. The first-order valence-corrected chi connectivity index (χ1v) is 3.82. The predicted molar refractivity (Wildman–Crippen MR) is 45.7 cm³/mol. The van der Waals surface area contributed by atoms with E-state index in [1.165, 1.54) is 6.07 Å². The minimum absolute atomic E-state index is 0.336. The summed E-state index contributed by atoms with van der Waals surface area (Å²) >= 11 is 5.64. The minimum Gasteiger partial charge on any atom is -0.331 e. The fourth-order valence-corrected chi connectivity index (χ4v) is 1.41. The number of benzene rings is 1. The largest absolute Gasteiger partial charge is 0.331 e. The molecule has 1 aromatic carbocycles. The van der Waals surface area contributed by atoms with Crippen LogP contribution in [0.25, 0.3) is 11.0 Å². The molecular formula is C8H6ClFN2. The normalized spacial score (nSPS) is 10.9. The molecule has 0 atom stereocenters. The van der Waals surface area contributed by atoms with Gasteiger partial charge < -0.3 is 4.57 Å². The Morgan fingerprint density at radius 1 is 1.50 bits per heavy atom. The van der Waals surface area contributed by atoms with Crippen molar-refractivity contribution in [3.05, 3.63) is 29.3 Å². The number of rotatable bonds is 0. The van der Waals surface area contributed by atoms with Crippen molar-refractivity contribution < 1.29 is 4.39 Å². The predicted octanol–water partition coefficient (Wildman–Crippen LogP) is 2.37. The quantitative estimate of drug-likeness (QED) is 0.615. The molecule has 2 aromatic rings. The van der Waals surface area contributed by atoms with E-state index >= 15 is 0 Å². The van der Waals surface area contributed by atoms with Gasteiger partial charge in [0.05, 0.1) is 11.8 Å². The molecule has 12 heavy (non-hydrogen) atoms. The van der Waals surface area contributed by atoms with Gasteiger partial charge in [-0.15, -0.1) is 0 Å². The van der Waals surface area contributed by atoms with Crippen LogP contribution < -0.4 is 0 Å². The standard InChI is InChI=1S/C8H6ClFN2/c1-12-4-11-7-3-5(9)2-6(10)8(7)12/h2-4H,1H3. The van der Waals surface area contributed by atoms with Gasteiger partial charge in [0.15, 0.2) is 5.82 Å². The SMILES string of the molecule is Cn1cnc2cc(Cl)cc(F)c21. The summed E-state index contributed by atoms with van der Waals surface area (Å²) in [5.41, 5.74) is 1.07. The zero-order valence-corrected chi connectivity index (χ0v) is 7.14. The highest BCUT2D eigenvalue weighted by Crippen LogP contribution is 2.20. The van der Waals surface area contributed by atoms with Gasteiger partial charge in [0.2, 0.25) is 0 Å². The Morgan fingerprint density at radius 2 is 2.25 bits per heavy atom. The third kappa shape index (κ3) is 0.975. The molecule has 0 aliphatic heterocycles. The Hall–Kier alpha value is -1.09. The topological polar surface area (TPSA) is 17.8 Å². The van der Waals surface area contributed by atoms with Crippen LogP contribution in [-0.2, 0) is 7.05 Å². The van der Waals surface area contributed by atoms with Gasteiger partial charge in [-0.3, -0.25) is 0 Å². The monoisotopic (exact) mass is 184 g/mol. The average Bonchev–Trinajstić information content (AvgIpc) is 2.31. The highest BCUT2D eigenvalue weighted by atomic mass is 35.5. The number of imidazole rings is 1. The average molecular weight is 185 g/mol. The molecule has 0 amide bonds. The number of hydrogen-bond donors (Lipinski definition) is 0. The smallest absolute Gasteiger partial charge is 0.150 e. The molecule has 0 saturated carbocycles. The molecular weight excluding hydrogens is 179 g/mol. The van der Waals surface area contributed by atoms with Crippen molar-refractivity contribution in [3.63, 3.8) is 0 Å². The minimum atomic E-state index is -0.336. The molecule has 0 aliphatic rings. The molecule has 1 heterocycles. The number of aryl methyl sites for hydroxylation is 1. The molecule has 4 heteroatoms. The Labute approximate surface area is 73.6 Å². The summed E-state index contributed by atoms with van der Waals surface area (Å²) in [7, 11) is 1.74. The number of fused-ring (bicyclic) bond motifs is 1. The maximum absolute atomic E-state index is 13.2. The first-order chi connectivity index (χ1) is 5.68. The Morgan fingerprint density at radius 3 is 3.00 bits per heavy atom. The third-order valence-electron chi connectivity index (χ3n) is 1.73. The molecule has 2 rings (SSSR count). The van der Waals surface area contributed by atoms with Crippen molar-refractivity contribution in [1.29, 1.82) is 0 Å². The molecule has 2 nitrogen and oxygen atoms in total. The summed E-state index contributed by atoms with van der Waals surface area (Å²) in [6.07, 6.45) is 1.56. The molecule has 0 bridgehead atoms. The fourth-order valence-electron chi connectivity index (χ4n) is 1.21. The van der Waals surface area contributed by atoms with Crippen molar-refractivity contribution in [2.45, 2.75) is 0 Å². The molecule has 0 saturated heterocycles. The molecule has 0 radical (unpaired) electrons. The summed E-state index contributed by atoms with van der Waals surface area (Å²) in [6.45, 7) is 0. The van der Waals surface area contributed by atoms with E-state index in [0.717, 1.165) is 0 Å². The van der Waals surface area contributed by atoms with Gasteiger partial charge in [-0.1, -0.05) is 11.6 Å². The molecule has 0 fully saturated rings. The lowest BCUT2D eigenvalue weighted by molar-refractivity contribution is 0.632. The second kappa shape index (κ2) is 2.45. The summed E-state index contributed by atoms with van der Waals surface area (Å²) in [5, 5.41) is 0.374. The third-order valence-corrected chi connectivity index (χ3v) is 1.95. The summed E-state index contributed by atoms with van der Waals surface area (Å²) in [5.74, 6) is -0.336. The fraction of sp³-hybridized carbons (Fsp3) is 0.125. The number of hydrogen-bond acceptors (Lipinski definition) is 1. The first-order valence-electron chi connectivity index (χ1n) is 3.44. The lowest BCUT2D eigenvalue weighted by atomic mass is 10.3. The van der Waals surface area contributed by atoms with Crippen molar-refractivity contribution in [3.8, 4) is 0 Å². The zero-order valence-electron chi connectivity index (χ0n) is 6.38. The van der Waals surface area contributed by atoms with Gasteiger partial charge in [-0.25, -0.2) is 9.37 Å². The Balaban J connectivity index is 2.93. The van der Waals surface area contributed by atoms with Crippen LogP contribution in [-0.4, -0.2) is 9.55 Å². The first kappa shape index (κ1) is 7.55. The van der Waals surface area contributed by atoms with E-state index in [1.54, 1.807) is 24.0 Å². The molecule has 62 valence electrons. The van der Waals surface area contributed by atoms with E-state index in [2.05, 4.69) is 4.98 Å². The van der Waals surface area contributed by atoms with Crippen LogP contribution in [0.5, 0.6) is 0 Å². The second-order valence-corrected chi connectivity index (χ2v) is 3.05. The molecule has 0 aliphatic carbocycles. The van der Waals surface area contributed by atoms with Crippen LogP contribution in [0.15, 0.2) is 18.5 Å². The number of aromatic nitrogens is 2. The highest BCUT2D eigenvalue weighted by Gasteiger charge is 2.06. The van der Waals surface area contributed by atoms with Crippen LogP contribution in [0.4, 0.5) is 4.39 Å². The van der Waals surface area contributed by atoms with Gasteiger partial charge in [-0.2, -0.15) is 0 Å². The van der Waals surface area contributed by atoms with Crippen LogP contribution in [0, 0.1) is 5.82 Å². The van der Waals surface area contributed by atoms with Gasteiger partial charge in [0, 0.05) is 12.1 Å². The van der Waals surface area contributed by atoms with E-state index in [1.807, 2.05) is 0 Å². The van der Waals surface area contributed by atoms with Crippen LogP contribution in [0.3, 0.4) is 0 Å². The van der Waals surface area contributed by atoms with Crippen molar-refractivity contribution in [1.82, 2.24) is 9.55 Å². The Bertz CT molecular complexity index is 436. The molecule has 0 N–H and O–H groups in total. The van der Waals surface area contributed by atoms with E-state index in [-0.39, 0.29) is 5.82 Å². The van der Waals surface area contributed by atoms with Gasteiger partial charge in [0.25, 0.3) is 0 Å². The van der Waals surface area contributed by atoms with Gasteiger partial charge >= 0.3 is 0 Å². The van der Waals surface area contributed by atoms with E-state index in [4.69, 9.17) is 11.6 Å². The summed E-state index contributed by atoms with van der Waals surface area (Å²) < 4.78 is 14.8. The molecule has 0 unspecified atom stereocenters. The van der Waals surface area contributed by atoms with Crippen molar-refractivity contribution >= 4 is 22.6 Å².